The quantitative estimate of drug-likeness (QED) is 0.812. The summed E-state index contributed by atoms with van der Waals surface area (Å²) < 4.78 is 0. The molecule has 6 heteroatoms. The average Bonchev–Trinajstić information content (AvgIpc) is 2.73. The predicted octanol–water partition coefficient (Wildman–Crippen LogP) is 2.41. The Morgan fingerprint density at radius 1 is 0.929 bits per heavy atom. The Hall–Kier alpha value is -2.63. The molecule has 28 heavy (non-hydrogen) atoms. The second-order valence-corrected chi connectivity index (χ2v) is 7.60. The Balaban J connectivity index is 1.62. The van der Waals surface area contributed by atoms with E-state index in [-0.39, 0.29) is 29.3 Å². The van der Waals surface area contributed by atoms with Gasteiger partial charge in [0, 0.05) is 39.0 Å². The summed E-state index contributed by atoms with van der Waals surface area (Å²) in [5, 5.41) is 2.66. The number of rotatable bonds is 4. The number of benzene rings is 1. The zero-order valence-corrected chi connectivity index (χ0v) is 16.5. The molecule has 1 aromatic carbocycles. The van der Waals surface area contributed by atoms with Crippen LogP contribution in [-0.2, 0) is 14.4 Å². The molecule has 1 aliphatic carbocycles. The highest BCUT2D eigenvalue weighted by Crippen LogP contribution is 2.26. The molecule has 2 fully saturated rings. The van der Waals surface area contributed by atoms with Gasteiger partial charge in [-0.05, 0) is 24.5 Å². The first-order chi connectivity index (χ1) is 13.5. The summed E-state index contributed by atoms with van der Waals surface area (Å²) in [6.45, 7) is 3.48. The van der Waals surface area contributed by atoms with Gasteiger partial charge in [0.25, 0.3) is 5.91 Å². The maximum atomic E-state index is 13.0. The molecular weight excluding hydrogens is 354 g/mol. The van der Waals surface area contributed by atoms with Crippen molar-refractivity contribution in [2.75, 3.05) is 26.2 Å². The fourth-order valence-corrected chi connectivity index (χ4v) is 3.96. The number of nitrogens with zero attached hydrogens (tertiary/aromatic N) is 2. The monoisotopic (exact) mass is 383 g/mol. The predicted molar refractivity (Wildman–Crippen MR) is 108 cm³/mol. The van der Waals surface area contributed by atoms with Gasteiger partial charge in [0.05, 0.1) is 0 Å². The largest absolute Gasteiger partial charge is 0.339 e. The second-order valence-electron chi connectivity index (χ2n) is 7.60. The van der Waals surface area contributed by atoms with Crippen molar-refractivity contribution in [3.63, 3.8) is 0 Å². The van der Waals surface area contributed by atoms with Gasteiger partial charge in [-0.3, -0.25) is 14.4 Å². The zero-order chi connectivity index (χ0) is 19.9. The summed E-state index contributed by atoms with van der Waals surface area (Å²) in [4.78, 5) is 40.9. The van der Waals surface area contributed by atoms with Gasteiger partial charge in [0.1, 0.15) is 5.70 Å². The zero-order valence-electron chi connectivity index (χ0n) is 16.5. The van der Waals surface area contributed by atoms with Crippen LogP contribution in [0.2, 0.25) is 0 Å². The van der Waals surface area contributed by atoms with Crippen LogP contribution >= 0.6 is 0 Å². The Bertz CT molecular complexity index is 731. The first-order valence-corrected chi connectivity index (χ1v) is 10.2. The summed E-state index contributed by atoms with van der Waals surface area (Å²) in [5.41, 5.74) is 1.12. The number of nitrogens with one attached hydrogen (secondary N) is 1. The molecule has 1 heterocycles. The highest BCUT2D eigenvalue weighted by molar-refractivity contribution is 6.01. The Morgan fingerprint density at radius 3 is 2.14 bits per heavy atom. The van der Waals surface area contributed by atoms with Gasteiger partial charge in [-0.2, -0.15) is 0 Å². The van der Waals surface area contributed by atoms with Crippen LogP contribution in [0, 0.1) is 5.92 Å². The average molecular weight is 383 g/mol. The van der Waals surface area contributed by atoms with E-state index in [1.165, 1.54) is 13.3 Å². The Morgan fingerprint density at radius 2 is 1.54 bits per heavy atom. The van der Waals surface area contributed by atoms with Gasteiger partial charge in [-0.1, -0.05) is 49.6 Å². The molecule has 0 spiro atoms. The third kappa shape index (κ3) is 5.21. The van der Waals surface area contributed by atoms with E-state index in [9.17, 15) is 14.4 Å². The van der Waals surface area contributed by atoms with Crippen LogP contribution in [0.4, 0.5) is 0 Å². The fraction of sp³-hybridized carbons (Fsp3) is 0.500. The number of carbonyl (C=O) groups is 3. The minimum absolute atomic E-state index is 0.156. The normalized spacial score (nSPS) is 18.7. The third-order valence-electron chi connectivity index (χ3n) is 5.48. The topological polar surface area (TPSA) is 69.7 Å². The highest BCUT2D eigenvalue weighted by atomic mass is 16.2. The van der Waals surface area contributed by atoms with Gasteiger partial charge in [0.2, 0.25) is 11.8 Å². The number of amides is 3. The Labute approximate surface area is 166 Å². The molecule has 3 amide bonds. The molecule has 2 aliphatic rings. The smallest absolute Gasteiger partial charge is 0.270 e. The van der Waals surface area contributed by atoms with Crippen LogP contribution in [0.3, 0.4) is 0 Å². The van der Waals surface area contributed by atoms with Crippen LogP contribution in [-0.4, -0.2) is 53.7 Å². The summed E-state index contributed by atoms with van der Waals surface area (Å²) in [7, 11) is 0. The van der Waals surface area contributed by atoms with Crippen molar-refractivity contribution < 1.29 is 14.4 Å². The van der Waals surface area contributed by atoms with E-state index in [2.05, 4.69) is 5.32 Å². The minimum Gasteiger partial charge on any atom is -0.339 e. The first kappa shape index (κ1) is 20.1. The highest BCUT2D eigenvalue weighted by Gasteiger charge is 2.30. The third-order valence-corrected chi connectivity index (χ3v) is 5.48. The second kappa shape index (κ2) is 9.53. The maximum Gasteiger partial charge on any atom is 0.270 e. The number of carbonyl (C=O) groups excluding carboxylic acids is 3. The van der Waals surface area contributed by atoms with Gasteiger partial charge in [0.15, 0.2) is 0 Å². The van der Waals surface area contributed by atoms with Crippen LogP contribution in [0.15, 0.2) is 36.0 Å². The van der Waals surface area contributed by atoms with Crippen LogP contribution in [0.25, 0.3) is 6.08 Å². The molecule has 6 nitrogen and oxygen atoms in total. The van der Waals surface area contributed by atoms with E-state index in [0.717, 1.165) is 31.2 Å². The van der Waals surface area contributed by atoms with Gasteiger partial charge < -0.3 is 15.1 Å². The van der Waals surface area contributed by atoms with E-state index in [1.807, 2.05) is 35.2 Å². The molecule has 0 bridgehead atoms. The molecule has 1 N–H and O–H groups in total. The summed E-state index contributed by atoms with van der Waals surface area (Å²) in [6.07, 6.45) is 7.18. The summed E-state index contributed by atoms with van der Waals surface area (Å²) >= 11 is 0. The molecule has 0 radical (unpaired) electrons. The number of hydrogen-bond donors (Lipinski definition) is 1. The molecule has 1 saturated heterocycles. The van der Waals surface area contributed by atoms with Gasteiger partial charge in [-0.25, -0.2) is 0 Å². The van der Waals surface area contributed by atoms with Crippen molar-refractivity contribution in [3.05, 3.63) is 41.6 Å². The van der Waals surface area contributed by atoms with Gasteiger partial charge in [-0.15, -0.1) is 0 Å². The number of hydrogen-bond acceptors (Lipinski definition) is 3. The van der Waals surface area contributed by atoms with Crippen LogP contribution < -0.4 is 5.32 Å². The van der Waals surface area contributed by atoms with Crippen molar-refractivity contribution >= 4 is 23.8 Å². The molecule has 0 unspecified atom stereocenters. The molecule has 1 saturated carbocycles. The minimum atomic E-state index is -0.276. The van der Waals surface area contributed by atoms with Crippen LogP contribution in [0.5, 0.6) is 0 Å². The molecule has 1 aromatic rings. The lowest BCUT2D eigenvalue weighted by atomic mass is 9.88. The van der Waals surface area contributed by atoms with Crippen LogP contribution in [0.1, 0.15) is 44.6 Å². The summed E-state index contributed by atoms with van der Waals surface area (Å²) in [5.74, 6) is -0.0805. The van der Waals surface area contributed by atoms with Crippen molar-refractivity contribution in [2.45, 2.75) is 39.0 Å². The van der Waals surface area contributed by atoms with E-state index in [0.29, 0.717) is 26.2 Å². The van der Waals surface area contributed by atoms with Crippen molar-refractivity contribution in [1.29, 1.82) is 0 Å². The number of piperazine rings is 1. The molecule has 150 valence electrons. The van der Waals surface area contributed by atoms with E-state index < -0.39 is 0 Å². The lowest BCUT2D eigenvalue weighted by molar-refractivity contribution is -0.141. The van der Waals surface area contributed by atoms with E-state index in [4.69, 9.17) is 0 Å². The van der Waals surface area contributed by atoms with E-state index >= 15 is 0 Å². The maximum absolute atomic E-state index is 13.0. The molecular formula is C22H29N3O3. The summed E-state index contributed by atoms with van der Waals surface area (Å²) in [6, 6.07) is 9.44. The standard InChI is InChI=1S/C22H29N3O3/c1-17(26)23-20(16-18-8-4-2-5-9-18)22(28)25-14-12-24(13-15-25)21(27)19-10-6-3-7-11-19/h2,4-5,8-9,16,19H,3,6-7,10-15H2,1H3,(H,23,26)/b20-16-. The van der Waals surface area contributed by atoms with E-state index in [1.54, 1.807) is 11.0 Å². The Kier molecular flexibility index (Phi) is 6.85. The molecule has 3 rings (SSSR count). The van der Waals surface area contributed by atoms with Gasteiger partial charge >= 0.3 is 0 Å². The SMILES string of the molecule is CC(=O)N/C(=C\c1ccccc1)C(=O)N1CCN(C(=O)C2CCCCC2)CC1. The molecule has 1 aliphatic heterocycles. The molecule has 0 aromatic heterocycles. The lowest BCUT2D eigenvalue weighted by Gasteiger charge is -2.37. The van der Waals surface area contributed by atoms with Crippen molar-refractivity contribution in [2.24, 2.45) is 5.92 Å². The molecule has 0 atom stereocenters. The van der Waals surface area contributed by atoms with Crippen molar-refractivity contribution in [1.82, 2.24) is 15.1 Å². The fourth-order valence-electron chi connectivity index (χ4n) is 3.96. The van der Waals surface area contributed by atoms with Crippen molar-refractivity contribution in [3.8, 4) is 0 Å². The lowest BCUT2D eigenvalue weighted by Crippen LogP contribution is -2.53. The first-order valence-electron chi connectivity index (χ1n) is 10.2.